The predicted molar refractivity (Wildman–Crippen MR) is 61.5 cm³/mol. The van der Waals surface area contributed by atoms with E-state index in [9.17, 15) is 9.59 Å². The number of hydrogen-bond donors (Lipinski definition) is 0. The number of amides is 1. The van der Waals surface area contributed by atoms with Crippen LogP contribution in [0.1, 0.15) is 23.1 Å². The molecule has 0 aromatic carbocycles. The van der Waals surface area contributed by atoms with Gasteiger partial charge in [-0.1, -0.05) is 0 Å². The zero-order valence-corrected chi connectivity index (χ0v) is 10.6. The van der Waals surface area contributed by atoms with Gasteiger partial charge in [0.25, 0.3) is 5.91 Å². The predicted octanol–water partition coefficient (Wildman–Crippen LogP) is 0.364. The molecule has 0 bridgehead atoms. The number of nitrogens with zero attached hydrogens (tertiary/aromatic N) is 3. The molecule has 0 aliphatic rings. The second-order valence-electron chi connectivity index (χ2n) is 3.69. The van der Waals surface area contributed by atoms with E-state index in [0.29, 0.717) is 12.2 Å². The maximum absolute atomic E-state index is 12.1. The number of esters is 1. The van der Waals surface area contributed by atoms with Crippen molar-refractivity contribution >= 4 is 11.9 Å². The molecule has 0 fully saturated rings. The van der Waals surface area contributed by atoms with Gasteiger partial charge in [0.05, 0.1) is 12.8 Å². The van der Waals surface area contributed by atoms with Crippen LogP contribution in [0.15, 0.2) is 6.07 Å². The van der Waals surface area contributed by atoms with Crippen LogP contribution in [0.3, 0.4) is 0 Å². The Labute approximate surface area is 100 Å². The van der Waals surface area contributed by atoms with E-state index in [1.807, 2.05) is 13.8 Å². The zero-order chi connectivity index (χ0) is 13.0. The summed E-state index contributed by atoms with van der Waals surface area (Å²) in [7, 11) is 3.00. The van der Waals surface area contributed by atoms with Gasteiger partial charge in [0.2, 0.25) is 0 Å². The molecular formula is C11H17N3O3. The van der Waals surface area contributed by atoms with Crippen LogP contribution in [0.5, 0.6) is 0 Å². The summed E-state index contributed by atoms with van der Waals surface area (Å²) < 4.78 is 6.06. The molecule has 0 saturated carbocycles. The number of carbonyl (C=O) groups excluding carboxylic acids is 2. The Kier molecular flexibility index (Phi) is 4.25. The van der Waals surface area contributed by atoms with Gasteiger partial charge in [0.1, 0.15) is 12.2 Å². The SMILES string of the molecule is CCN(CC(=O)OC)C(=O)c1cc(C)nn1C. The van der Waals surface area contributed by atoms with Gasteiger partial charge in [-0.2, -0.15) is 5.10 Å². The maximum atomic E-state index is 12.1. The number of methoxy groups -OCH3 is 1. The average molecular weight is 239 g/mol. The van der Waals surface area contributed by atoms with Crippen LogP contribution < -0.4 is 0 Å². The first-order chi connectivity index (χ1) is 7.99. The molecule has 0 saturated heterocycles. The van der Waals surface area contributed by atoms with Crippen LogP contribution in [0.4, 0.5) is 0 Å². The minimum Gasteiger partial charge on any atom is -0.468 e. The van der Waals surface area contributed by atoms with Gasteiger partial charge >= 0.3 is 5.97 Å². The third-order valence-corrected chi connectivity index (χ3v) is 2.44. The smallest absolute Gasteiger partial charge is 0.325 e. The van der Waals surface area contributed by atoms with Gasteiger partial charge in [0.15, 0.2) is 0 Å². The van der Waals surface area contributed by atoms with Gasteiger partial charge < -0.3 is 9.64 Å². The number of aryl methyl sites for hydroxylation is 2. The summed E-state index contributed by atoms with van der Waals surface area (Å²) in [6.45, 7) is 4.02. The van der Waals surface area contributed by atoms with Crippen LogP contribution in [0.25, 0.3) is 0 Å². The molecule has 0 aliphatic carbocycles. The van der Waals surface area contributed by atoms with E-state index in [4.69, 9.17) is 0 Å². The molecule has 17 heavy (non-hydrogen) atoms. The minimum atomic E-state index is -0.431. The van der Waals surface area contributed by atoms with E-state index in [1.165, 1.54) is 16.7 Å². The Morgan fingerprint density at radius 1 is 1.53 bits per heavy atom. The second kappa shape index (κ2) is 5.47. The maximum Gasteiger partial charge on any atom is 0.325 e. The topological polar surface area (TPSA) is 64.4 Å². The molecule has 1 amide bonds. The van der Waals surface area contributed by atoms with Crippen molar-refractivity contribution in [1.82, 2.24) is 14.7 Å². The highest BCUT2D eigenvalue weighted by atomic mass is 16.5. The molecule has 94 valence electrons. The van der Waals surface area contributed by atoms with Crippen LogP contribution in [-0.2, 0) is 16.6 Å². The first-order valence-electron chi connectivity index (χ1n) is 5.36. The van der Waals surface area contributed by atoms with E-state index < -0.39 is 5.97 Å². The Bertz CT molecular complexity index is 426. The minimum absolute atomic E-state index is 0.0456. The normalized spacial score (nSPS) is 10.1. The molecule has 1 rings (SSSR count). The van der Waals surface area contributed by atoms with Crippen molar-refractivity contribution in [2.24, 2.45) is 7.05 Å². The molecule has 0 spiro atoms. The van der Waals surface area contributed by atoms with E-state index in [0.717, 1.165) is 5.69 Å². The molecule has 0 atom stereocenters. The Balaban J connectivity index is 2.86. The van der Waals surface area contributed by atoms with Crippen LogP contribution in [0, 0.1) is 6.92 Å². The van der Waals surface area contributed by atoms with Crippen molar-refractivity contribution in [2.75, 3.05) is 20.2 Å². The molecule has 1 heterocycles. The first kappa shape index (κ1) is 13.2. The van der Waals surface area contributed by atoms with Crippen molar-refractivity contribution < 1.29 is 14.3 Å². The van der Waals surface area contributed by atoms with Crippen molar-refractivity contribution in [2.45, 2.75) is 13.8 Å². The highest BCUT2D eigenvalue weighted by Gasteiger charge is 2.20. The lowest BCUT2D eigenvalue weighted by molar-refractivity contribution is -0.141. The summed E-state index contributed by atoms with van der Waals surface area (Å²) >= 11 is 0. The number of hydrogen-bond acceptors (Lipinski definition) is 4. The van der Waals surface area contributed by atoms with Gasteiger partial charge in [0, 0.05) is 13.6 Å². The van der Waals surface area contributed by atoms with Gasteiger partial charge in [-0.3, -0.25) is 14.3 Å². The number of ether oxygens (including phenoxy) is 1. The van der Waals surface area contributed by atoms with Crippen molar-refractivity contribution in [3.05, 3.63) is 17.5 Å². The number of carbonyl (C=O) groups is 2. The molecular weight excluding hydrogens is 222 g/mol. The summed E-state index contributed by atoms with van der Waals surface area (Å²) in [6, 6.07) is 1.70. The quantitative estimate of drug-likeness (QED) is 0.712. The highest BCUT2D eigenvalue weighted by molar-refractivity contribution is 5.94. The van der Waals surface area contributed by atoms with E-state index >= 15 is 0 Å². The molecule has 6 nitrogen and oxygen atoms in total. The molecule has 6 heteroatoms. The number of likely N-dealkylation sites (N-methyl/N-ethyl adjacent to an activating group) is 1. The third kappa shape index (κ3) is 3.05. The fourth-order valence-electron chi connectivity index (χ4n) is 1.52. The van der Waals surface area contributed by atoms with Crippen molar-refractivity contribution in [1.29, 1.82) is 0 Å². The number of aromatic nitrogens is 2. The fourth-order valence-corrected chi connectivity index (χ4v) is 1.52. The molecule has 0 aliphatic heterocycles. The summed E-state index contributed by atoms with van der Waals surface area (Å²) in [5, 5.41) is 4.10. The van der Waals surface area contributed by atoms with Gasteiger partial charge in [-0.15, -0.1) is 0 Å². The third-order valence-electron chi connectivity index (χ3n) is 2.44. The largest absolute Gasteiger partial charge is 0.468 e. The van der Waals surface area contributed by atoms with Gasteiger partial charge in [-0.25, -0.2) is 0 Å². The van der Waals surface area contributed by atoms with Crippen LogP contribution in [0.2, 0.25) is 0 Å². The lowest BCUT2D eigenvalue weighted by Crippen LogP contribution is -2.37. The standard InChI is InChI=1S/C11H17N3O3/c1-5-14(7-10(15)17-4)11(16)9-6-8(2)12-13(9)3/h6H,5,7H2,1-4H3. The molecule has 0 radical (unpaired) electrons. The van der Waals surface area contributed by atoms with E-state index in [2.05, 4.69) is 9.84 Å². The summed E-state index contributed by atoms with van der Waals surface area (Å²) in [5.74, 6) is -0.653. The molecule has 0 N–H and O–H groups in total. The Hall–Kier alpha value is -1.85. The Morgan fingerprint density at radius 2 is 2.18 bits per heavy atom. The summed E-state index contributed by atoms with van der Waals surface area (Å²) in [6.07, 6.45) is 0. The first-order valence-corrected chi connectivity index (χ1v) is 5.36. The summed E-state index contributed by atoms with van der Waals surface area (Å²) in [4.78, 5) is 24.7. The monoisotopic (exact) mass is 239 g/mol. The highest BCUT2D eigenvalue weighted by Crippen LogP contribution is 2.06. The number of rotatable bonds is 4. The van der Waals surface area contributed by atoms with Crippen molar-refractivity contribution in [3.63, 3.8) is 0 Å². The average Bonchev–Trinajstić information content (AvgIpc) is 2.64. The molecule has 0 unspecified atom stereocenters. The van der Waals surface area contributed by atoms with E-state index in [-0.39, 0.29) is 12.5 Å². The van der Waals surface area contributed by atoms with E-state index in [1.54, 1.807) is 13.1 Å². The van der Waals surface area contributed by atoms with Crippen LogP contribution >= 0.6 is 0 Å². The molecule has 1 aromatic rings. The van der Waals surface area contributed by atoms with Gasteiger partial charge in [-0.05, 0) is 19.9 Å². The lowest BCUT2D eigenvalue weighted by atomic mass is 10.3. The Morgan fingerprint density at radius 3 is 2.59 bits per heavy atom. The zero-order valence-electron chi connectivity index (χ0n) is 10.6. The lowest BCUT2D eigenvalue weighted by Gasteiger charge is -2.19. The van der Waals surface area contributed by atoms with Crippen LogP contribution in [-0.4, -0.2) is 46.8 Å². The summed E-state index contributed by atoms with van der Waals surface area (Å²) in [5.41, 5.74) is 1.23. The molecule has 1 aromatic heterocycles. The fraction of sp³-hybridized carbons (Fsp3) is 0.545. The van der Waals surface area contributed by atoms with Crippen molar-refractivity contribution in [3.8, 4) is 0 Å². The second-order valence-corrected chi connectivity index (χ2v) is 3.69.